The fourth-order valence-electron chi connectivity index (χ4n) is 2.25. The Hall–Kier alpha value is -0.610. The van der Waals surface area contributed by atoms with Gasteiger partial charge in [0.2, 0.25) is 5.91 Å². The number of hydrogen-bond donors (Lipinski definition) is 1. The van der Waals surface area contributed by atoms with Crippen LogP contribution in [0.4, 0.5) is 0 Å². The standard InChI is InChI=1S/C10H19N3O/c1-12-7-4-10(14)13(12)8-9-2-5-11-6-3-9/h9,11H,2-8H2,1H3. The number of piperidine rings is 1. The number of amides is 1. The van der Waals surface area contributed by atoms with Crippen molar-refractivity contribution in [3.05, 3.63) is 0 Å². The van der Waals surface area contributed by atoms with Crippen LogP contribution in [0.15, 0.2) is 0 Å². The van der Waals surface area contributed by atoms with Crippen molar-refractivity contribution in [1.29, 1.82) is 0 Å². The van der Waals surface area contributed by atoms with Crippen molar-refractivity contribution in [3.63, 3.8) is 0 Å². The van der Waals surface area contributed by atoms with Crippen LogP contribution in [0.2, 0.25) is 0 Å². The molecule has 2 aliphatic rings. The zero-order valence-electron chi connectivity index (χ0n) is 8.83. The highest BCUT2D eigenvalue weighted by atomic mass is 16.2. The molecule has 0 aromatic carbocycles. The van der Waals surface area contributed by atoms with Gasteiger partial charge < -0.3 is 5.32 Å². The predicted octanol–water partition coefficient (Wildman–Crippen LogP) is 0.0651. The van der Waals surface area contributed by atoms with Gasteiger partial charge in [-0.1, -0.05) is 0 Å². The molecule has 0 aromatic rings. The normalized spacial score (nSPS) is 26.1. The first-order valence-corrected chi connectivity index (χ1v) is 5.49. The van der Waals surface area contributed by atoms with Crippen LogP contribution in [0.25, 0.3) is 0 Å². The molecule has 0 atom stereocenters. The van der Waals surface area contributed by atoms with Crippen LogP contribution in [0, 0.1) is 5.92 Å². The smallest absolute Gasteiger partial charge is 0.238 e. The van der Waals surface area contributed by atoms with E-state index >= 15 is 0 Å². The number of hydrazine groups is 1. The van der Waals surface area contributed by atoms with Gasteiger partial charge in [0, 0.05) is 26.6 Å². The molecule has 0 unspecified atom stereocenters. The molecule has 0 spiro atoms. The van der Waals surface area contributed by atoms with Crippen molar-refractivity contribution in [1.82, 2.24) is 15.3 Å². The molecule has 4 nitrogen and oxygen atoms in total. The van der Waals surface area contributed by atoms with Crippen molar-refractivity contribution in [2.75, 3.05) is 33.2 Å². The molecule has 0 radical (unpaired) electrons. The van der Waals surface area contributed by atoms with Crippen LogP contribution in [0.1, 0.15) is 19.3 Å². The van der Waals surface area contributed by atoms with Gasteiger partial charge in [-0.3, -0.25) is 9.80 Å². The molecule has 0 saturated carbocycles. The Bertz CT molecular complexity index is 213. The van der Waals surface area contributed by atoms with Gasteiger partial charge in [0.05, 0.1) is 0 Å². The molecule has 2 rings (SSSR count). The zero-order chi connectivity index (χ0) is 9.97. The van der Waals surface area contributed by atoms with Crippen LogP contribution >= 0.6 is 0 Å². The summed E-state index contributed by atoms with van der Waals surface area (Å²) in [5.74, 6) is 0.992. The summed E-state index contributed by atoms with van der Waals surface area (Å²) in [5, 5.41) is 7.33. The Morgan fingerprint density at radius 2 is 2.14 bits per heavy atom. The topological polar surface area (TPSA) is 35.6 Å². The van der Waals surface area contributed by atoms with E-state index in [1.807, 2.05) is 12.1 Å². The second-order valence-corrected chi connectivity index (χ2v) is 4.30. The fraction of sp³-hybridized carbons (Fsp3) is 0.900. The minimum atomic E-state index is 0.297. The van der Waals surface area contributed by atoms with Gasteiger partial charge in [-0.25, -0.2) is 5.01 Å². The van der Waals surface area contributed by atoms with Gasteiger partial charge in [0.15, 0.2) is 0 Å². The van der Waals surface area contributed by atoms with E-state index in [2.05, 4.69) is 10.3 Å². The van der Waals surface area contributed by atoms with Crippen LogP contribution < -0.4 is 5.32 Å². The highest BCUT2D eigenvalue weighted by Crippen LogP contribution is 2.17. The number of nitrogens with zero attached hydrogens (tertiary/aromatic N) is 2. The maximum Gasteiger partial charge on any atom is 0.238 e. The Kier molecular flexibility index (Phi) is 3.03. The predicted molar refractivity (Wildman–Crippen MR) is 54.6 cm³/mol. The van der Waals surface area contributed by atoms with Crippen molar-refractivity contribution in [2.24, 2.45) is 5.92 Å². The van der Waals surface area contributed by atoms with E-state index in [0.717, 1.165) is 26.2 Å². The quantitative estimate of drug-likeness (QED) is 0.680. The lowest BCUT2D eigenvalue weighted by atomic mass is 9.98. The molecule has 1 N–H and O–H groups in total. The number of carbonyl (C=O) groups is 1. The lowest BCUT2D eigenvalue weighted by Gasteiger charge is -2.30. The van der Waals surface area contributed by atoms with Crippen LogP contribution in [-0.2, 0) is 4.79 Å². The monoisotopic (exact) mass is 197 g/mol. The second kappa shape index (κ2) is 4.28. The lowest BCUT2D eigenvalue weighted by Crippen LogP contribution is -2.42. The van der Waals surface area contributed by atoms with E-state index in [1.54, 1.807) is 0 Å². The molecule has 1 amide bonds. The summed E-state index contributed by atoms with van der Waals surface area (Å²) in [6, 6.07) is 0. The summed E-state index contributed by atoms with van der Waals surface area (Å²) in [6.07, 6.45) is 3.11. The molecule has 2 heterocycles. The van der Waals surface area contributed by atoms with E-state index in [1.165, 1.54) is 12.8 Å². The number of carbonyl (C=O) groups excluding carboxylic acids is 1. The van der Waals surface area contributed by atoms with Crippen molar-refractivity contribution in [3.8, 4) is 0 Å². The third-order valence-electron chi connectivity index (χ3n) is 3.24. The molecule has 2 aliphatic heterocycles. The van der Waals surface area contributed by atoms with Crippen molar-refractivity contribution < 1.29 is 4.79 Å². The first-order chi connectivity index (χ1) is 6.77. The summed E-state index contributed by atoms with van der Waals surface area (Å²) in [6.45, 7) is 4.04. The third kappa shape index (κ3) is 2.07. The van der Waals surface area contributed by atoms with E-state index in [9.17, 15) is 4.79 Å². The Morgan fingerprint density at radius 1 is 1.43 bits per heavy atom. The molecule has 0 bridgehead atoms. The molecule has 2 fully saturated rings. The fourth-order valence-corrected chi connectivity index (χ4v) is 2.25. The van der Waals surface area contributed by atoms with Gasteiger partial charge in [-0.2, -0.15) is 0 Å². The van der Waals surface area contributed by atoms with Gasteiger partial charge in [0.25, 0.3) is 0 Å². The number of hydrogen-bond acceptors (Lipinski definition) is 3. The van der Waals surface area contributed by atoms with E-state index in [-0.39, 0.29) is 0 Å². The van der Waals surface area contributed by atoms with Crippen molar-refractivity contribution in [2.45, 2.75) is 19.3 Å². The van der Waals surface area contributed by atoms with E-state index in [4.69, 9.17) is 0 Å². The number of nitrogens with one attached hydrogen (secondary N) is 1. The minimum Gasteiger partial charge on any atom is -0.317 e. The maximum absolute atomic E-state index is 11.5. The highest BCUT2D eigenvalue weighted by Gasteiger charge is 2.28. The molecule has 14 heavy (non-hydrogen) atoms. The summed E-state index contributed by atoms with van der Waals surface area (Å²) >= 11 is 0. The molecule has 2 saturated heterocycles. The highest BCUT2D eigenvalue weighted by molar-refractivity contribution is 5.77. The Labute approximate surface area is 85.2 Å². The van der Waals surface area contributed by atoms with Gasteiger partial charge in [0.1, 0.15) is 0 Å². The van der Waals surface area contributed by atoms with E-state index < -0.39 is 0 Å². The summed E-state index contributed by atoms with van der Waals surface area (Å²) in [7, 11) is 2.01. The second-order valence-electron chi connectivity index (χ2n) is 4.30. The zero-order valence-corrected chi connectivity index (χ0v) is 8.83. The average molecular weight is 197 g/mol. The average Bonchev–Trinajstić information content (AvgIpc) is 2.51. The minimum absolute atomic E-state index is 0.297. The van der Waals surface area contributed by atoms with E-state index in [0.29, 0.717) is 18.2 Å². The largest absolute Gasteiger partial charge is 0.317 e. The number of rotatable bonds is 2. The van der Waals surface area contributed by atoms with Crippen LogP contribution in [0.3, 0.4) is 0 Å². The van der Waals surface area contributed by atoms with Gasteiger partial charge in [-0.15, -0.1) is 0 Å². The van der Waals surface area contributed by atoms with Gasteiger partial charge in [-0.05, 0) is 31.8 Å². The Balaban J connectivity index is 1.85. The molecule has 80 valence electrons. The molecular formula is C10H19N3O. The van der Waals surface area contributed by atoms with Gasteiger partial charge >= 0.3 is 0 Å². The molecule has 4 heteroatoms. The molecular weight excluding hydrogens is 178 g/mol. The summed E-state index contributed by atoms with van der Waals surface area (Å²) in [4.78, 5) is 11.5. The van der Waals surface area contributed by atoms with Crippen LogP contribution in [0.5, 0.6) is 0 Å². The summed E-state index contributed by atoms with van der Waals surface area (Å²) < 4.78 is 0. The lowest BCUT2D eigenvalue weighted by molar-refractivity contribution is -0.137. The first kappa shape index (κ1) is 9.93. The summed E-state index contributed by atoms with van der Waals surface area (Å²) in [5.41, 5.74) is 0. The first-order valence-electron chi connectivity index (χ1n) is 5.49. The third-order valence-corrected chi connectivity index (χ3v) is 3.24. The molecule has 0 aliphatic carbocycles. The maximum atomic E-state index is 11.5. The van der Waals surface area contributed by atoms with Crippen LogP contribution in [-0.4, -0.2) is 49.2 Å². The molecule has 0 aromatic heterocycles. The Morgan fingerprint density at radius 3 is 2.71 bits per heavy atom. The van der Waals surface area contributed by atoms with Crippen molar-refractivity contribution >= 4 is 5.91 Å². The SMILES string of the molecule is CN1CCC(=O)N1CC1CCNCC1.